The van der Waals surface area contributed by atoms with Gasteiger partial charge in [0.15, 0.2) is 6.61 Å². The van der Waals surface area contributed by atoms with Gasteiger partial charge in [0.25, 0.3) is 5.91 Å². The highest BCUT2D eigenvalue weighted by molar-refractivity contribution is 6.32. The molecule has 5 N–H and O–H groups in total. The number of carbonyl (C=O) groups excluding carboxylic acids is 2. The van der Waals surface area contributed by atoms with Crippen molar-refractivity contribution >= 4 is 41.1 Å². The van der Waals surface area contributed by atoms with Crippen LogP contribution in [0, 0.1) is 5.41 Å². The topological polar surface area (TPSA) is 161 Å². The first kappa shape index (κ1) is 36.8. The van der Waals surface area contributed by atoms with Crippen molar-refractivity contribution in [3.63, 3.8) is 0 Å². The van der Waals surface area contributed by atoms with Crippen LogP contribution in [0.25, 0.3) is 6.08 Å². The van der Waals surface area contributed by atoms with E-state index in [0.717, 1.165) is 5.56 Å². The summed E-state index contributed by atoms with van der Waals surface area (Å²) in [6.07, 6.45) is 0.572. The molecule has 0 aliphatic carbocycles. The molecule has 0 unspecified atom stereocenters. The Bertz CT molecular complexity index is 1690. The molecule has 12 nitrogen and oxygen atoms in total. The van der Waals surface area contributed by atoms with Gasteiger partial charge in [0, 0.05) is 43.5 Å². The molecule has 0 bridgehead atoms. The van der Waals surface area contributed by atoms with Gasteiger partial charge in [-0.1, -0.05) is 31.5 Å². The van der Waals surface area contributed by atoms with Crippen molar-refractivity contribution in [2.24, 2.45) is 11.1 Å². The fraction of sp³-hybridized carbons (Fsp3) is 0.333. The van der Waals surface area contributed by atoms with Crippen molar-refractivity contribution in [2.45, 2.75) is 33.0 Å². The summed E-state index contributed by atoms with van der Waals surface area (Å²) >= 11 is 6.30. The maximum absolute atomic E-state index is 13.3. The van der Waals surface area contributed by atoms with E-state index in [1.165, 1.54) is 12.3 Å². The number of furan rings is 1. The summed E-state index contributed by atoms with van der Waals surface area (Å²) in [6, 6.07) is 14.7. The molecule has 262 valence electrons. The fourth-order valence-corrected chi connectivity index (χ4v) is 4.74. The number of H-pyrrole nitrogens is 1. The highest BCUT2D eigenvalue weighted by atomic mass is 35.5. The van der Waals surface area contributed by atoms with Crippen LogP contribution in [-0.4, -0.2) is 70.9 Å². The normalized spacial score (nSPS) is 11.8. The van der Waals surface area contributed by atoms with Crippen LogP contribution < -0.4 is 25.8 Å². The van der Waals surface area contributed by atoms with Crippen molar-refractivity contribution in [1.29, 1.82) is 0 Å². The zero-order chi connectivity index (χ0) is 35.4. The maximum atomic E-state index is 13.3. The van der Waals surface area contributed by atoms with Gasteiger partial charge < -0.3 is 35.2 Å². The van der Waals surface area contributed by atoms with E-state index in [0.29, 0.717) is 60.4 Å². The first-order valence-corrected chi connectivity index (χ1v) is 15.6. The molecule has 49 heavy (non-hydrogen) atoms. The zero-order valence-corrected chi connectivity index (χ0v) is 27.6. The number of nitrogens with two attached hydrogens (primary N) is 1. The van der Waals surface area contributed by atoms with Crippen molar-refractivity contribution in [1.82, 2.24) is 25.4 Å². The lowest BCUT2D eigenvalue weighted by Crippen LogP contribution is -2.44. The van der Waals surface area contributed by atoms with Crippen LogP contribution in [0.5, 0.6) is 11.8 Å². The number of anilines is 2. The molecule has 2 aromatic heterocycles. The van der Waals surface area contributed by atoms with E-state index in [1.807, 2.05) is 19.9 Å². The standard InChI is InChI=1S/C33H37ClF3N7O5/c1-32(2,19-39-29(46)23-7-9-24(10-8-23)40-30-41-31(43-42-30)49-21-33(35,36)37)20-44(28(45)13-11-25-5-3-15-47-25)14-4-16-48-27-12-6-22(18-38)17-26(27)34/h3,5-13,15,17H,4,14,16,18-21,38H2,1-2H3,(H,39,46)(H2,40,41,42,43). The number of hydrogen-bond acceptors (Lipinski definition) is 9. The van der Waals surface area contributed by atoms with Gasteiger partial charge in [-0.3, -0.25) is 9.59 Å². The second-order valence-corrected chi connectivity index (χ2v) is 12.1. The monoisotopic (exact) mass is 703 g/mol. The molecule has 4 aromatic rings. The number of alkyl halides is 3. The quantitative estimate of drug-likeness (QED) is 0.0768. The number of nitrogens with zero attached hydrogens (tertiary/aromatic N) is 3. The van der Waals surface area contributed by atoms with Crippen molar-refractivity contribution in [3.8, 4) is 11.8 Å². The Kier molecular flexibility index (Phi) is 12.7. The summed E-state index contributed by atoms with van der Waals surface area (Å²) in [6.45, 7) is 4.02. The van der Waals surface area contributed by atoms with Crippen LogP contribution in [0.2, 0.25) is 5.02 Å². The van der Waals surface area contributed by atoms with E-state index in [4.69, 9.17) is 26.5 Å². The zero-order valence-electron chi connectivity index (χ0n) is 26.9. The Labute approximate surface area is 285 Å². The molecule has 0 spiro atoms. The average Bonchev–Trinajstić information content (AvgIpc) is 3.76. The summed E-state index contributed by atoms with van der Waals surface area (Å²) < 4.78 is 52.7. The second kappa shape index (κ2) is 16.9. The van der Waals surface area contributed by atoms with Crippen molar-refractivity contribution in [3.05, 3.63) is 88.8 Å². The minimum atomic E-state index is -4.52. The highest BCUT2D eigenvalue weighted by Crippen LogP contribution is 2.26. The number of carbonyl (C=O) groups is 2. The molecule has 2 amide bonds. The van der Waals surface area contributed by atoms with Crippen LogP contribution in [0.1, 0.15) is 41.9 Å². The van der Waals surface area contributed by atoms with Gasteiger partial charge in [-0.15, -0.1) is 5.10 Å². The first-order valence-electron chi connectivity index (χ1n) is 15.2. The predicted molar refractivity (Wildman–Crippen MR) is 178 cm³/mol. The molecule has 2 aromatic carbocycles. The summed E-state index contributed by atoms with van der Waals surface area (Å²) in [4.78, 5) is 31.7. The van der Waals surface area contributed by atoms with E-state index in [2.05, 4.69) is 30.6 Å². The fourth-order valence-electron chi connectivity index (χ4n) is 4.49. The third-order valence-electron chi connectivity index (χ3n) is 6.89. The lowest BCUT2D eigenvalue weighted by Gasteiger charge is -2.32. The Morgan fingerprint density at radius 2 is 1.90 bits per heavy atom. The van der Waals surface area contributed by atoms with E-state index >= 15 is 0 Å². The van der Waals surface area contributed by atoms with Crippen LogP contribution in [0.3, 0.4) is 0 Å². The van der Waals surface area contributed by atoms with Crippen LogP contribution in [0.4, 0.5) is 24.8 Å². The molecular formula is C33H37ClF3N7O5. The number of aromatic amines is 1. The number of hydrogen-bond donors (Lipinski definition) is 4. The van der Waals surface area contributed by atoms with E-state index in [9.17, 15) is 22.8 Å². The van der Waals surface area contributed by atoms with Crippen molar-refractivity contribution < 1.29 is 36.7 Å². The van der Waals surface area contributed by atoms with E-state index in [1.54, 1.807) is 59.5 Å². The molecule has 16 heteroatoms. The Morgan fingerprint density at radius 3 is 2.57 bits per heavy atom. The SMILES string of the molecule is CC(C)(CNC(=O)c1ccc(Nc2nc(OCC(F)(F)F)n[nH]2)cc1)CN(CCCOc1ccc(CN)cc1Cl)C(=O)C=Cc1ccco1. The van der Waals surface area contributed by atoms with Crippen LogP contribution >= 0.6 is 11.6 Å². The first-order chi connectivity index (χ1) is 23.3. The number of aromatic nitrogens is 3. The number of benzene rings is 2. The lowest BCUT2D eigenvalue weighted by atomic mass is 9.92. The third-order valence-corrected chi connectivity index (χ3v) is 7.19. The molecule has 2 heterocycles. The average molecular weight is 704 g/mol. The number of ether oxygens (including phenoxy) is 2. The van der Waals surface area contributed by atoms with Gasteiger partial charge in [-0.2, -0.15) is 18.2 Å². The van der Waals surface area contributed by atoms with Gasteiger partial charge in [-0.05, 0) is 72.0 Å². The number of nitrogens with one attached hydrogen (secondary N) is 3. The molecular weight excluding hydrogens is 667 g/mol. The third kappa shape index (κ3) is 12.2. The minimum absolute atomic E-state index is 0.0609. The van der Waals surface area contributed by atoms with Gasteiger partial charge >= 0.3 is 12.2 Å². The minimum Gasteiger partial charge on any atom is -0.492 e. The highest BCUT2D eigenvalue weighted by Gasteiger charge is 2.29. The summed E-state index contributed by atoms with van der Waals surface area (Å²) in [7, 11) is 0. The maximum Gasteiger partial charge on any atom is 0.422 e. The molecule has 4 rings (SSSR count). The predicted octanol–water partition coefficient (Wildman–Crippen LogP) is 5.96. The Morgan fingerprint density at radius 1 is 1.12 bits per heavy atom. The van der Waals surface area contributed by atoms with E-state index in [-0.39, 0.29) is 24.3 Å². The molecule has 0 aliphatic rings. The van der Waals surface area contributed by atoms with Crippen molar-refractivity contribution in [2.75, 3.05) is 38.2 Å². The van der Waals surface area contributed by atoms with Crippen LogP contribution in [0.15, 0.2) is 71.4 Å². The number of amides is 2. The molecule has 0 saturated carbocycles. The largest absolute Gasteiger partial charge is 0.492 e. The lowest BCUT2D eigenvalue weighted by molar-refractivity contribution is -0.154. The molecule has 0 saturated heterocycles. The van der Waals surface area contributed by atoms with Crippen LogP contribution in [-0.2, 0) is 11.3 Å². The summed E-state index contributed by atoms with van der Waals surface area (Å²) in [5.41, 5.74) is 6.91. The number of rotatable bonds is 17. The molecule has 0 radical (unpaired) electrons. The number of halogens is 4. The second-order valence-electron chi connectivity index (χ2n) is 11.7. The molecule has 0 aliphatic heterocycles. The van der Waals surface area contributed by atoms with E-state index < -0.39 is 24.2 Å². The van der Waals surface area contributed by atoms with Gasteiger partial charge in [0.2, 0.25) is 11.9 Å². The van der Waals surface area contributed by atoms with Gasteiger partial charge in [0.05, 0.1) is 17.9 Å². The Balaban J connectivity index is 1.30. The molecule has 0 fully saturated rings. The van der Waals surface area contributed by atoms with Gasteiger partial charge in [0.1, 0.15) is 11.5 Å². The summed E-state index contributed by atoms with van der Waals surface area (Å²) in [5, 5.41) is 12.2. The smallest absolute Gasteiger partial charge is 0.422 e. The Hall–Kier alpha value is -5.02. The molecule has 0 atom stereocenters. The van der Waals surface area contributed by atoms with Gasteiger partial charge in [-0.25, -0.2) is 5.10 Å². The summed E-state index contributed by atoms with van der Waals surface area (Å²) in [5.74, 6) is 0.577.